The first kappa shape index (κ1) is 23.8. The molecule has 3 rings (SSSR count). The third-order valence-electron chi connectivity index (χ3n) is 5.48. The van der Waals surface area contributed by atoms with Crippen LogP contribution in [0.5, 0.6) is 0 Å². The monoisotopic (exact) mass is 449 g/mol. The van der Waals surface area contributed by atoms with Crippen LogP contribution in [0.2, 0.25) is 0 Å². The lowest BCUT2D eigenvalue weighted by Crippen LogP contribution is -2.50. The molecule has 0 radical (unpaired) electrons. The molecule has 0 saturated carbocycles. The van der Waals surface area contributed by atoms with Gasteiger partial charge in [-0.15, -0.1) is 0 Å². The molecule has 0 spiro atoms. The third kappa shape index (κ3) is 6.31. The fourth-order valence-corrected chi connectivity index (χ4v) is 3.77. The molecule has 176 valence electrons. The van der Waals surface area contributed by atoms with Crippen LogP contribution in [-0.4, -0.2) is 93.6 Å². The number of nitrogens with zero attached hydrogens (tertiary/aromatic N) is 3. The highest BCUT2D eigenvalue weighted by Gasteiger charge is 2.34. The molecule has 11 nitrogen and oxygen atoms in total. The Balaban J connectivity index is 1.47. The molecule has 0 aromatic heterocycles. The molecule has 3 N–H and O–H groups in total. The quantitative estimate of drug-likeness (QED) is 0.331. The van der Waals surface area contributed by atoms with Gasteiger partial charge in [-0.3, -0.25) is 19.5 Å². The van der Waals surface area contributed by atoms with E-state index in [0.29, 0.717) is 37.5 Å². The predicted octanol–water partition coefficient (Wildman–Crippen LogP) is 0.506. The molecule has 2 aliphatic rings. The minimum Gasteiger partial charge on any atom is -0.465 e. The van der Waals surface area contributed by atoms with Gasteiger partial charge in [0.05, 0.1) is 26.8 Å². The van der Waals surface area contributed by atoms with Gasteiger partial charge in [0.2, 0.25) is 0 Å². The van der Waals surface area contributed by atoms with Crippen molar-refractivity contribution in [2.75, 3.05) is 64.4 Å². The van der Waals surface area contributed by atoms with Crippen LogP contribution in [0.4, 0.5) is 15.3 Å². The Morgan fingerprint density at radius 1 is 1.19 bits per heavy atom. The van der Waals surface area contributed by atoms with Gasteiger partial charge in [0.1, 0.15) is 12.3 Å². The van der Waals surface area contributed by atoms with Crippen LogP contribution < -0.4 is 16.0 Å². The number of methoxy groups -OCH3 is 1. The van der Waals surface area contributed by atoms with Gasteiger partial charge in [0.15, 0.2) is 0 Å². The number of anilines is 1. The van der Waals surface area contributed by atoms with E-state index in [-0.39, 0.29) is 18.2 Å². The van der Waals surface area contributed by atoms with E-state index in [9.17, 15) is 14.4 Å². The number of carbonyl (C=O) groups is 3. The summed E-state index contributed by atoms with van der Waals surface area (Å²) in [5.41, 5.74) is 7.31. The number of cyclic esters (lactones) is 1. The standard InChI is InChI=1S/C21H31N5O6/c1-3-31-18(27)14-25-10-8-24(9-11-25)12-17-13-26(21(29)32-17)16-6-4-15(5-7-16)19(22)23-20(28)30-2/h4-7,17,19H,3,8-14,22H2,1-2H3,(H,23,28). The maximum atomic E-state index is 12.4. The van der Waals surface area contributed by atoms with Crippen molar-refractivity contribution in [2.24, 2.45) is 5.73 Å². The number of benzene rings is 1. The zero-order valence-corrected chi connectivity index (χ0v) is 18.5. The largest absolute Gasteiger partial charge is 0.465 e. The van der Waals surface area contributed by atoms with Gasteiger partial charge in [-0.05, 0) is 24.6 Å². The van der Waals surface area contributed by atoms with E-state index in [4.69, 9.17) is 15.2 Å². The first-order valence-corrected chi connectivity index (χ1v) is 10.7. The van der Waals surface area contributed by atoms with Gasteiger partial charge in [-0.2, -0.15) is 0 Å². The van der Waals surface area contributed by atoms with Crippen LogP contribution in [0.1, 0.15) is 18.7 Å². The lowest BCUT2D eigenvalue weighted by Gasteiger charge is -2.34. The van der Waals surface area contributed by atoms with Crippen molar-refractivity contribution in [3.05, 3.63) is 29.8 Å². The lowest BCUT2D eigenvalue weighted by molar-refractivity contribution is -0.144. The Kier molecular flexibility index (Phi) is 8.26. The fourth-order valence-electron chi connectivity index (χ4n) is 3.77. The van der Waals surface area contributed by atoms with Gasteiger partial charge in [-0.25, -0.2) is 9.59 Å². The number of rotatable bonds is 8. The number of piperazine rings is 1. The molecule has 2 saturated heterocycles. The average molecular weight is 450 g/mol. The molecule has 0 aliphatic carbocycles. The van der Waals surface area contributed by atoms with Gasteiger partial charge in [-0.1, -0.05) is 12.1 Å². The molecular weight excluding hydrogens is 418 g/mol. The van der Waals surface area contributed by atoms with Crippen molar-refractivity contribution in [3.8, 4) is 0 Å². The van der Waals surface area contributed by atoms with E-state index in [1.807, 2.05) is 0 Å². The number of ether oxygens (including phenoxy) is 3. The Morgan fingerprint density at radius 2 is 1.84 bits per heavy atom. The van der Waals surface area contributed by atoms with E-state index in [1.165, 1.54) is 7.11 Å². The minimum absolute atomic E-state index is 0.200. The summed E-state index contributed by atoms with van der Waals surface area (Å²) in [5, 5.41) is 2.49. The van der Waals surface area contributed by atoms with Crippen LogP contribution in [0, 0.1) is 0 Å². The van der Waals surface area contributed by atoms with Gasteiger partial charge in [0, 0.05) is 38.4 Å². The highest BCUT2D eigenvalue weighted by atomic mass is 16.6. The van der Waals surface area contributed by atoms with Crippen LogP contribution in [-0.2, 0) is 19.0 Å². The molecule has 1 aromatic rings. The smallest absolute Gasteiger partial charge is 0.414 e. The van der Waals surface area contributed by atoms with Gasteiger partial charge in [0.25, 0.3) is 0 Å². The Morgan fingerprint density at radius 3 is 2.47 bits per heavy atom. The number of hydrogen-bond donors (Lipinski definition) is 2. The molecule has 2 unspecified atom stereocenters. The second-order valence-electron chi connectivity index (χ2n) is 7.70. The summed E-state index contributed by atoms with van der Waals surface area (Å²) in [7, 11) is 1.27. The number of nitrogens with two attached hydrogens (primary N) is 1. The number of hydrogen-bond acceptors (Lipinski definition) is 9. The van der Waals surface area contributed by atoms with Crippen molar-refractivity contribution < 1.29 is 28.6 Å². The van der Waals surface area contributed by atoms with E-state index in [2.05, 4.69) is 19.9 Å². The molecule has 1 aromatic carbocycles. The summed E-state index contributed by atoms with van der Waals surface area (Å²) in [5.74, 6) is -0.200. The number of nitrogens with one attached hydrogen (secondary N) is 1. The fraction of sp³-hybridized carbons (Fsp3) is 0.571. The Hall–Kier alpha value is -2.89. The number of carbonyl (C=O) groups excluding carboxylic acids is 3. The molecule has 2 fully saturated rings. The SMILES string of the molecule is CCOC(=O)CN1CCN(CC2CN(c3ccc(C(N)NC(=O)OC)cc3)C(=O)O2)CC1. The molecule has 2 atom stereocenters. The van der Waals surface area contributed by atoms with Crippen molar-refractivity contribution in [1.29, 1.82) is 0 Å². The average Bonchev–Trinajstić information content (AvgIpc) is 3.15. The molecule has 0 bridgehead atoms. The van der Waals surface area contributed by atoms with Gasteiger partial charge < -0.3 is 25.3 Å². The summed E-state index contributed by atoms with van der Waals surface area (Å²) in [4.78, 5) is 41.2. The summed E-state index contributed by atoms with van der Waals surface area (Å²) < 4.78 is 15.1. The lowest BCUT2D eigenvalue weighted by atomic mass is 10.1. The Bertz CT molecular complexity index is 796. The highest BCUT2D eigenvalue weighted by Crippen LogP contribution is 2.24. The number of esters is 1. The van der Waals surface area contributed by atoms with Crippen molar-refractivity contribution in [1.82, 2.24) is 15.1 Å². The van der Waals surface area contributed by atoms with Crippen LogP contribution in [0.3, 0.4) is 0 Å². The van der Waals surface area contributed by atoms with Crippen LogP contribution in [0.25, 0.3) is 0 Å². The predicted molar refractivity (Wildman–Crippen MR) is 116 cm³/mol. The first-order chi connectivity index (χ1) is 15.4. The summed E-state index contributed by atoms with van der Waals surface area (Å²) >= 11 is 0. The minimum atomic E-state index is -0.711. The van der Waals surface area contributed by atoms with E-state index >= 15 is 0 Å². The second-order valence-corrected chi connectivity index (χ2v) is 7.70. The molecule has 11 heteroatoms. The van der Waals surface area contributed by atoms with Crippen LogP contribution >= 0.6 is 0 Å². The van der Waals surface area contributed by atoms with Crippen LogP contribution in [0.15, 0.2) is 24.3 Å². The number of amides is 2. The topological polar surface area (TPSA) is 127 Å². The zero-order chi connectivity index (χ0) is 23.1. The van der Waals surface area contributed by atoms with E-state index < -0.39 is 12.3 Å². The molecular formula is C21H31N5O6. The van der Waals surface area contributed by atoms with Gasteiger partial charge >= 0.3 is 18.2 Å². The Labute approximate surface area is 187 Å². The maximum Gasteiger partial charge on any atom is 0.414 e. The van der Waals surface area contributed by atoms with Crippen molar-refractivity contribution >= 4 is 23.8 Å². The second kappa shape index (κ2) is 11.1. The van der Waals surface area contributed by atoms with Crippen molar-refractivity contribution in [3.63, 3.8) is 0 Å². The number of alkyl carbamates (subject to hydrolysis) is 1. The normalized spacial score (nSPS) is 20.5. The third-order valence-corrected chi connectivity index (χ3v) is 5.48. The summed E-state index contributed by atoms with van der Waals surface area (Å²) in [6.45, 7) is 6.73. The van der Waals surface area contributed by atoms with E-state index in [1.54, 1.807) is 36.1 Å². The summed E-state index contributed by atoms with van der Waals surface area (Å²) in [6, 6.07) is 7.04. The molecule has 2 aliphatic heterocycles. The first-order valence-electron chi connectivity index (χ1n) is 10.7. The highest BCUT2D eigenvalue weighted by molar-refractivity contribution is 5.89. The summed E-state index contributed by atoms with van der Waals surface area (Å²) in [6.07, 6.45) is -1.95. The van der Waals surface area contributed by atoms with Crippen molar-refractivity contribution in [2.45, 2.75) is 19.2 Å². The van der Waals surface area contributed by atoms with E-state index in [0.717, 1.165) is 26.2 Å². The molecule has 2 amide bonds. The molecule has 32 heavy (non-hydrogen) atoms. The molecule has 2 heterocycles. The zero-order valence-electron chi connectivity index (χ0n) is 18.5. The maximum absolute atomic E-state index is 12.4.